The van der Waals surface area contributed by atoms with Crippen LogP contribution in [0.4, 0.5) is 0 Å². The molecule has 0 aromatic heterocycles. The standard InChI is InChI=1S/C13H27N3O/c1-10(9-12(17)15-14)16-7-5-11(6-8-16)13(2,3)4/h10-11H,5-9,14H2,1-4H3,(H,15,17). The van der Waals surface area contributed by atoms with Crippen LogP contribution in [0.2, 0.25) is 0 Å². The Kier molecular flexibility index (Phi) is 4.95. The summed E-state index contributed by atoms with van der Waals surface area (Å²) in [5, 5.41) is 0. The van der Waals surface area contributed by atoms with Gasteiger partial charge in [0.2, 0.25) is 5.91 Å². The third-order valence-electron chi connectivity index (χ3n) is 4.02. The van der Waals surface area contributed by atoms with E-state index in [9.17, 15) is 4.79 Å². The zero-order valence-corrected chi connectivity index (χ0v) is 11.6. The lowest BCUT2D eigenvalue weighted by Crippen LogP contribution is -2.45. The van der Waals surface area contributed by atoms with Crippen molar-refractivity contribution in [2.45, 2.75) is 53.0 Å². The third kappa shape index (κ3) is 4.28. The molecular formula is C13H27N3O. The minimum atomic E-state index is -0.0737. The Labute approximate surface area is 105 Å². The minimum absolute atomic E-state index is 0.0737. The van der Waals surface area contributed by atoms with Crippen LogP contribution >= 0.6 is 0 Å². The molecule has 17 heavy (non-hydrogen) atoms. The summed E-state index contributed by atoms with van der Waals surface area (Å²) in [5.41, 5.74) is 2.61. The lowest BCUT2D eigenvalue weighted by molar-refractivity contribution is -0.122. The summed E-state index contributed by atoms with van der Waals surface area (Å²) in [5.74, 6) is 5.84. The first kappa shape index (κ1) is 14.5. The minimum Gasteiger partial charge on any atom is -0.300 e. The summed E-state index contributed by atoms with van der Waals surface area (Å²) < 4.78 is 0. The van der Waals surface area contributed by atoms with E-state index in [1.54, 1.807) is 0 Å². The molecule has 1 aliphatic heterocycles. The van der Waals surface area contributed by atoms with Crippen molar-refractivity contribution in [1.82, 2.24) is 10.3 Å². The van der Waals surface area contributed by atoms with E-state index in [4.69, 9.17) is 5.84 Å². The summed E-state index contributed by atoms with van der Waals surface area (Å²) in [6.07, 6.45) is 2.97. The number of rotatable bonds is 3. The number of amides is 1. The molecule has 1 unspecified atom stereocenters. The monoisotopic (exact) mass is 241 g/mol. The number of hydrogen-bond acceptors (Lipinski definition) is 3. The number of hydrazine groups is 1. The lowest BCUT2D eigenvalue weighted by atomic mass is 9.75. The first-order valence-electron chi connectivity index (χ1n) is 6.58. The van der Waals surface area contributed by atoms with E-state index in [1.807, 2.05) is 0 Å². The van der Waals surface area contributed by atoms with Gasteiger partial charge in [-0.15, -0.1) is 0 Å². The van der Waals surface area contributed by atoms with Gasteiger partial charge in [-0.3, -0.25) is 10.2 Å². The number of piperidine rings is 1. The Bertz CT molecular complexity index is 252. The molecule has 1 heterocycles. The predicted octanol–water partition coefficient (Wildman–Crippen LogP) is 1.51. The van der Waals surface area contributed by atoms with Gasteiger partial charge >= 0.3 is 0 Å². The number of hydrogen-bond donors (Lipinski definition) is 2. The Morgan fingerprint density at radius 2 is 1.94 bits per heavy atom. The Morgan fingerprint density at radius 3 is 2.35 bits per heavy atom. The van der Waals surface area contributed by atoms with Crippen LogP contribution in [0.1, 0.15) is 47.0 Å². The normalized spacial score (nSPS) is 21.2. The van der Waals surface area contributed by atoms with Gasteiger partial charge in [-0.05, 0) is 44.2 Å². The van der Waals surface area contributed by atoms with Crippen molar-refractivity contribution in [1.29, 1.82) is 0 Å². The zero-order chi connectivity index (χ0) is 13.1. The average Bonchev–Trinajstić information content (AvgIpc) is 2.27. The molecule has 1 amide bonds. The number of likely N-dealkylation sites (tertiary alicyclic amines) is 1. The van der Waals surface area contributed by atoms with Crippen molar-refractivity contribution in [3.63, 3.8) is 0 Å². The second-order valence-electron chi connectivity index (χ2n) is 6.30. The Balaban J connectivity index is 2.39. The molecule has 1 rings (SSSR count). The summed E-state index contributed by atoms with van der Waals surface area (Å²) in [6.45, 7) is 11.3. The van der Waals surface area contributed by atoms with Gasteiger partial charge in [0.25, 0.3) is 0 Å². The van der Waals surface area contributed by atoms with Crippen LogP contribution in [0.3, 0.4) is 0 Å². The maximum atomic E-state index is 11.2. The molecule has 4 heteroatoms. The molecule has 1 atom stereocenters. The summed E-state index contributed by atoms with van der Waals surface area (Å²) in [4.78, 5) is 13.6. The van der Waals surface area contributed by atoms with Crippen LogP contribution in [0.5, 0.6) is 0 Å². The van der Waals surface area contributed by atoms with E-state index >= 15 is 0 Å². The van der Waals surface area contributed by atoms with Crippen LogP contribution < -0.4 is 11.3 Å². The van der Waals surface area contributed by atoms with E-state index in [0.29, 0.717) is 17.9 Å². The van der Waals surface area contributed by atoms with E-state index in [2.05, 4.69) is 38.0 Å². The maximum Gasteiger partial charge on any atom is 0.235 e. The van der Waals surface area contributed by atoms with E-state index < -0.39 is 0 Å². The Morgan fingerprint density at radius 1 is 1.41 bits per heavy atom. The molecule has 0 radical (unpaired) electrons. The second kappa shape index (κ2) is 5.83. The van der Waals surface area contributed by atoms with Gasteiger partial charge in [0, 0.05) is 12.5 Å². The van der Waals surface area contributed by atoms with Crippen molar-refractivity contribution in [2.24, 2.45) is 17.2 Å². The molecule has 1 aliphatic rings. The number of carbonyl (C=O) groups excluding carboxylic acids is 1. The fourth-order valence-corrected chi connectivity index (χ4v) is 2.66. The fourth-order valence-electron chi connectivity index (χ4n) is 2.66. The maximum absolute atomic E-state index is 11.2. The van der Waals surface area contributed by atoms with Gasteiger partial charge in [-0.25, -0.2) is 5.84 Å². The lowest BCUT2D eigenvalue weighted by Gasteiger charge is -2.41. The van der Waals surface area contributed by atoms with Crippen LogP contribution in [0.25, 0.3) is 0 Å². The molecule has 0 spiro atoms. The van der Waals surface area contributed by atoms with Crippen molar-refractivity contribution in [3.05, 3.63) is 0 Å². The van der Waals surface area contributed by atoms with E-state index in [0.717, 1.165) is 19.0 Å². The second-order valence-corrected chi connectivity index (χ2v) is 6.30. The number of carbonyl (C=O) groups is 1. The van der Waals surface area contributed by atoms with Crippen molar-refractivity contribution >= 4 is 5.91 Å². The van der Waals surface area contributed by atoms with Gasteiger partial charge in [-0.2, -0.15) is 0 Å². The third-order valence-corrected chi connectivity index (χ3v) is 4.02. The highest BCUT2D eigenvalue weighted by Crippen LogP contribution is 2.34. The molecule has 0 aromatic rings. The topological polar surface area (TPSA) is 58.4 Å². The predicted molar refractivity (Wildman–Crippen MR) is 70.2 cm³/mol. The molecular weight excluding hydrogens is 214 g/mol. The largest absolute Gasteiger partial charge is 0.300 e. The fraction of sp³-hybridized carbons (Fsp3) is 0.923. The molecule has 1 saturated heterocycles. The quantitative estimate of drug-likeness (QED) is 0.447. The van der Waals surface area contributed by atoms with Gasteiger partial charge in [0.15, 0.2) is 0 Å². The molecule has 1 fully saturated rings. The summed E-state index contributed by atoms with van der Waals surface area (Å²) in [7, 11) is 0. The van der Waals surface area contributed by atoms with Crippen LogP contribution in [-0.4, -0.2) is 29.9 Å². The van der Waals surface area contributed by atoms with Crippen molar-refractivity contribution < 1.29 is 4.79 Å². The van der Waals surface area contributed by atoms with Gasteiger partial charge in [0.05, 0.1) is 0 Å². The summed E-state index contributed by atoms with van der Waals surface area (Å²) in [6, 6.07) is 0.291. The van der Waals surface area contributed by atoms with E-state index in [-0.39, 0.29) is 5.91 Å². The van der Waals surface area contributed by atoms with Gasteiger partial charge < -0.3 is 4.90 Å². The smallest absolute Gasteiger partial charge is 0.235 e. The molecule has 0 bridgehead atoms. The molecule has 4 nitrogen and oxygen atoms in total. The van der Waals surface area contributed by atoms with Gasteiger partial charge in [-0.1, -0.05) is 20.8 Å². The van der Waals surface area contributed by atoms with Gasteiger partial charge in [0.1, 0.15) is 0 Å². The first-order valence-corrected chi connectivity index (χ1v) is 6.58. The summed E-state index contributed by atoms with van der Waals surface area (Å²) >= 11 is 0. The SMILES string of the molecule is CC(CC(=O)NN)N1CCC(C(C)(C)C)CC1. The zero-order valence-electron chi connectivity index (χ0n) is 11.6. The number of nitrogens with two attached hydrogens (primary N) is 1. The first-order chi connectivity index (χ1) is 7.84. The number of nitrogens with zero attached hydrogens (tertiary/aromatic N) is 1. The molecule has 100 valence electrons. The molecule has 3 N–H and O–H groups in total. The molecule has 0 aliphatic carbocycles. The van der Waals surface area contributed by atoms with Crippen LogP contribution in [0.15, 0.2) is 0 Å². The van der Waals surface area contributed by atoms with Crippen LogP contribution in [-0.2, 0) is 4.79 Å². The average molecular weight is 241 g/mol. The molecule has 0 saturated carbocycles. The van der Waals surface area contributed by atoms with Crippen molar-refractivity contribution in [2.75, 3.05) is 13.1 Å². The Hall–Kier alpha value is -0.610. The highest BCUT2D eigenvalue weighted by Gasteiger charge is 2.30. The number of nitrogens with one attached hydrogen (secondary N) is 1. The molecule has 0 aromatic carbocycles. The van der Waals surface area contributed by atoms with Crippen molar-refractivity contribution in [3.8, 4) is 0 Å². The highest BCUT2D eigenvalue weighted by molar-refractivity contribution is 5.75. The van der Waals surface area contributed by atoms with E-state index in [1.165, 1.54) is 12.8 Å². The highest BCUT2D eigenvalue weighted by atomic mass is 16.2. The van der Waals surface area contributed by atoms with Crippen LogP contribution in [0, 0.1) is 11.3 Å².